The molecule has 4 aromatic rings. The maximum absolute atomic E-state index is 9.52. The summed E-state index contributed by atoms with van der Waals surface area (Å²) < 4.78 is 5.86. The van der Waals surface area contributed by atoms with Crippen molar-refractivity contribution in [2.24, 2.45) is 0 Å². The number of ether oxygens (including phenoxy) is 1. The van der Waals surface area contributed by atoms with E-state index in [-0.39, 0.29) is 6.47 Å². The van der Waals surface area contributed by atoms with Crippen LogP contribution in [0.1, 0.15) is 0 Å². The van der Waals surface area contributed by atoms with Crippen LogP contribution in [0.15, 0.2) is 54.2 Å². The molecule has 2 aromatic carbocycles. The average Bonchev–Trinajstić information content (AvgIpc) is 3.22. The van der Waals surface area contributed by atoms with Gasteiger partial charge in [-0.3, -0.25) is 4.79 Å². The SMILES string of the molecule is Nc1cnnc2cc(-c3cc(B(O)O)ccc3Oc3nccs3)ccc12.O=CO. The second kappa shape index (κ2) is 9.10. The van der Waals surface area contributed by atoms with Gasteiger partial charge in [0.25, 0.3) is 11.7 Å². The van der Waals surface area contributed by atoms with Gasteiger partial charge in [0.05, 0.1) is 17.4 Å². The molecule has 9 nitrogen and oxygen atoms in total. The summed E-state index contributed by atoms with van der Waals surface area (Å²) in [4.78, 5) is 12.5. The van der Waals surface area contributed by atoms with Crippen LogP contribution in [-0.2, 0) is 4.79 Å². The predicted molar refractivity (Wildman–Crippen MR) is 110 cm³/mol. The summed E-state index contributed by atoms with van der Waals surface area (Å²) >= 11 is 1.37. The number of thiazole rings is 1. The van der Waals surface area contributed by atoms with E-state index < -0.39 is 7.12 Å². The molecule has 11 heteroatoms. The second-order valence-corrected chi connectivity index (χ2v) is 6.52. The second-order valence-electron chi connectivity index (χ2n) is 5.67. The molecule has 0 amide bonds. The third kappa shape index (κ3) is 4.66. The summed E-state index contributed by atoms with van der Waals surface area (Å²) in [6.07, 6.45) is 3.15. The van der Waals surface area contributed by atoms with E-state index in [9.17, 15) is 10.0 Å². The zero-order valence-electron chi connectivity index (χ0n) is 14.8. The van der Waals surface area contributed by atoms with Crippen LogP contribution in [0.2, 0.25) is 0 Å². The number of nitrogens with zero attached hydrogens (tertiary/aromatic N) is 3. The Kier molecular flexibility index (Phi) is 6.34. The van der Waals surface area contributed by atoms with E-state index in [2.05, 4.69) is 15.2 Å². The number of rotatable bonds is 4. The Morgan fingerprint density at radius 1 is 1.17 bits per heavy atom. The molecular weight excluding hydrogens is 395 g/mol. The van der Waals surface area contributed by atoms with Gasteiger partial charge in [0.2, 0.25) is 0 Å². The number of nitrogen functional groups attached to an aromatic ring is 1. The predicted octanol–water partition coefficient (Wildman–Crippen LogP) is 1.51. The van der Waals surface area contributed by atoms with Crippen LogP contribution in [-0.4, -0.2) is 43.9 Å². The number of nitrogens with two attached hydrogens (primary N) is 1. The third-order valence-electron chi connectivity index (χ3n) is 3.89. The molecule has 0 atom stereocenters. The Hall–Kier alpha value is -3.54. The summed E-state index contributed by atoms with van der Waals surface area (Å²) in [5.74, 6) is 0.542. The molecular formula is C18H15BN4O5S. The zero-order chi connectivity index (χ0) is 20.8. The van der Waals surface area contributed by atoms with Gasteiger partial charge in [-0.2, -0.15) is 10.2 Å². The van der Waals surface area contributed by atoms with Gasteiger partial charge in [-0.1, -0.05) is 29.5 Å². The Labute approximate surface area is 169 Å². The fourth-order valence-corrected chi connectivity index (χ4v) is 3.12. The first-order valence-corrected chi connectivity index (χ1v) is 9.08. The average molecular weight is 410 g/mol. The van der Waals surface area contributed by atoms with Gasteiger partial charge in [-0.25, -0.2) is 4.98 Å². The molecule has 0 fully saturated rings. The van der Waals surface area contributed by atoms with Crippen LogP contribution < -0.4 is 15.9 Å². The summed E-state index contributed by atoms with van der Waals surface area (Å²) in [5, 5.41) is 37.0. The zero-order valence-corrected chi connectivity index (χ0v) is 15.7. The first-order valence-electron chi connectivity index (χ1n) is 8.20. The molecule has 4 rings (SSSR count). The largest absolute Gasteiger partial charge is 0.488 e. The van der Waals surface area contributed by atoms with Crippen molar-refractivity contribution in [3.05, 3.63) is 54.2 Å². The van der Waals surface area contributed by atoms with Crippen molar-refractivity contribution < 1.29 is 24.7 Å². The van der Waals surface area contributed by atoms with Crippen LogP contribution in [0, 0.1) is 0 Å². The van der Waals surface area contributed by atoms with Crippen LogP contribution >= 0.6 is 11.3 Å². The first-order chi connectivity index (χ1) is 14.0. The lowest BCUT2D eigenvalue weighted by Crippen LogP contribution is -2.29. The molecule has 0 aliphatic carbocycles. The highest BCUT2D eigenvalue weighted by molar-refractivity contribution is 7.11. The molecule has 0 aliphatic heterocycles. The molecule has 0 radical (unpaired) electrons. The molecule has 0 aliphatic rings. The smallest absolute Gasteiger partial charge is 0.483 e. The molecule has 0 unspecified atom stereocenters. The number of carbonyl (C=O) groups is 1. The highest BCUT2D eigenvalue weighted by atomic mass is 32.1. The number of hydrogen-bond acceptors (Lipinski definition) is 9. The Morgan fingerprint density at radius 3 is 2.66 bits per heavy atom. The van der Waals surface area contributed by atoms with E-state index >= 15 is 0 Å². The van der Waals surface area contributed by atoms with Gasteiger partial charge >= 0.3 is 7.12 Å². The van der Waals surface area contributed by atoms with E-state index in [0.29, 0.717) is 33.2 Å². The minimum Gasteiger partial charge on any atom is -0.483 e. The van der Waals surface area contributed by atoms with Crippen LogP contribution in [0.4, 0.5) is 5.69 Å². The molecule has 146 valence electrons. The minimum absolute atomic E-state index is 0.250. The standard InChI is InChI=1S/C17H13BN4O3S.CH2O2/c19-14-9-21-22-15-7-10(1-3-12(14)15)13-8-11(18(23)24)2-4-16(13)25-17-20-5-6-26-17;2-1-3/h1-9,23-24H,(H2,19,22);1H,(H,2,3). The van der Waals surface area contributed by atoms with Crippen molar-refractivity contribution in [3.8, 4) is 22.1 Å². The highest BCUT2D eigenvalue weighted by Crippen LogP contribution is 2.35. The lowest BCUT2D eigenvalue weighted by atomic mass is 9.79. The summed E-state index contributed by atoms with van der Waals surface area (Å²) in [6, 6.07) is 10.5. The van der Waals surface area contributed by atoms with E-state index in [0.717, 1.165) is 10.9 Å². The molecule has 0 bridgehead atoms. The van der Waals surface area contributed by atoms with Crippen molar-refractivity contribution in [1.29, 1.82) is 0 Å². The molecule has 2 heterocycles. The summed E-state index contributed by atoms with van der Waals surface area (Å²) in [6.45, 7) is -0.250. The van der Waals surface area contributed by atoms with Crippen LogP contribution in [0.5, 0.6) is 10.9 Å². The van der Waals surface area contributed by atoms with Crippen molar-refractivity contribution in [1.82, 2.24) is 15.2 Å². The Balaban J connectivity index is 0.000000755. The molecule has 0 saturated heterocycles. The molecule has 0 saturated carbocycles. The van der Waals surface area contributed by atoms with Crippen molar-refractivity contribution in [2.45, 2.75) is 0 Å². The maximum atomic E-state index is 9.52. The molecule has 2 aromatic heterocycles. The van der Waals surface area contributed by atoms with Gasteiger partial charge in [0.1, 0.15) is 5.75 Å². The molecule has 29 heavy (non-hydrogen) atoms. The topological polar surface area (TPSA) is 152 Å². The first kappa shape index (κ1) is 20.2. The number of anilines is 1. The Morgan fingerprint density at radius 2 is 1.97 bits per heavy atom. The summed E-state index contributed by atoms with van der Waals surface area (Å²) in [5.41, 5.74) is 8.92. The molecule has 5 N–H and O–H groups in total. The van der Waals surface area contributed by atoms with Crippen LogP contribution in [0.25, 0.3) is 22.0 Å². The number of benzene rings is 2. The quantitative estimate of drug-likeness (QED) is 0.290. The van der Waals surface area contributed by atoms with Gasteiger partial charge in [0, 0.05) is 22.5 Å². The van der Waals surface area contributed by atoms with Gasteiger partial charge < -0.3 is 25.6 Å². The minimum atomic E-state index is -1.58. The third-order valence-corrected chi connectivity index (χ3v) is 4.54. The maximum Gasteiger partial charge on any atom is 0.488 e. The van der Waals surface area contributed by atoms with Crippen molar-refractivity contribution >= 4 is 47.0 Å². The highest BCUT2D eigenvalue weighted by Gasteiger charge is 2.17. The lowest BCUT2D eigenvalue weighted by Gasteiger charge is -2.12. The molecule has 0 spiro atoms. The van der Waals surface area contributed by atoms with Crippen LogP contribution in [0.3, 0.4) is 0 Å². The van der Waals surface area contributed by atoms with E-state index in [1.807, 2.05) is 23.6 Å². The number of aromatic nitrogens is 3. The van der Waals surface area contributed by atoms with E-state index in [4.69, 9.17) is 20.4 Å². The normalized spacial score (nSPS) is 10.1. The summed E-state index contributed by atoms with van der Waals surface area (Å²) in [7, 11) is -1.58. The van der Waals surface area contributed by atoms with Gasteiger partial charge in [-0.15, -0.1) is 0 Å². The van der Waals surface area contributed by atoms with Crippen molar-refractivity contribution in [3.63, 3.8) is 0 Å². The lowest BCUT2D eigenvalue weighted by molar-refractivity contribution is -0.122. The number of fused-ring (bicyclic) bond motifs is 1. The fourth-order valence-electron chi connectivity index (χ4n) is 2.63. The van der Waals surface area contributed by atoms with E-state index in [1.54, 1.807) is 24.4 Å². The fraction of sp³-hybridized carbons (Fsp3) is 0. The van der Waals surface area contributed by atoms with Crippen molar-refractivity contribution in [2.75, 3.05) is 5.73 Å². The number of carboxylic acid groups (broad SMARTS) is 1. The monoisotopic (exact) mass is 410 g/mol. The Bertz CT molecular complexity index is 1120. The number of hydrogen-bond donors (Lipinski definition) is 4. The van der Waals surface area contributed by atoms with Gasteiger partial charge in [-0.05, 0) is 29.2 Å². The van der Waals surface area contributed by atoms with Gasteiger partial charge in [0.15, 0.2) is 0 Å². The van der Waals surface area contributed by atoms with E-state index in [1.165, 1.54) is 17.5 Å².